The quantitative estimate of drug-likeness (QED) is 0.0916. The molecule has 0 radical (unpaired) electrons. The van der Waals surface area contributed by atoms with Gasteiger partial charge in [-0.05, 0) is 31.4 Å². The van der Waals surface area contributed by atoms with Crippen LogP contribution in [0.3, 0.4) is 0 Å². The van der Waals surface area contributed by atoms with Crippen molar-refractivity contribution in [1.29, 1.82) is 5.26 Å². The van der Waals surface area contributed by atoms with E-state index in [0.29, 0.717) is 10.0 Å². The Balaban J connectivity index is 2.61. The third-order valence-electron chi connectivity index (χ3n) is 8.51. The number of unbranched alkanes of at least 4 members (excludes halogenated alkanes) is 10. The Labute approximate surface area is 293 Å². The van der Waals surface area contributed by atoms with Crippen molar-refractivity contribution in [3.05, 3.63) is 27.3 Å². The van der Waals surface area contributed by atoms with Gasteiger partial charge in [-0.15, -0.1) is 0 Å². The van der Waals surface area contributed by atoms with E-state index in [9.17, 15) is 24.4 Å². The van der Waals surface area contributed by atoms with Crippen LogP contribution >= 0.6 is 11.3 Å². The lowest BCUT2D eigenvalue weighted by Gasteiger charge is -2.37. The fourth-order valence-corrected chi connectivity index (χ4v) is 6.90. The molecule has 2 rings (SSSR count). The summed E-state index contributed by atoms with van der Waals surface area (Å²) in [5.74, 6) is -3.32. The van der Waals surface area contributed by atoms with E-state index in [2.05, 4.69) is 39.5 Å². The second-order valence-corrected chi connectivity index (χ2v) is 16.0. The molecule has 4 amide bonds. The Kier molecular flexibility index (Phi) is 15.7. The molecule has 266 valence electrons. The van der Waals surface area contributed by atoms with Crippen molar-refractivity contribution >= 4 is 46.2 Å². The molecule has 0 N–H and O–H groups in total. The van der Waals surface area contributed by atoms with Gasteiger partial charge in [-0.25, -0.2) is 4.98 Å². The van der Waals surface area contributed by atoms with Crippen LogP contribution in [0, 0.1) is 16.7 Å². The van der Waals surface area contributed by atoms with E-state index in [-0.39, 0.29) is 22.1 Å². The van der Waals surface area contributed by atoms with E-state index < -0.39 is 29.0 Å². The molecule has 10 heteroatoms. The topological polar surface area (TPSA) is 115 Å². The summed E-state index contributed by atoms with van der Waals surface area (Å²) in [6.07, 6.45) is 16.1. The molecule has 48 heavy (non-hydrogen) atoms. The van der Waals surface area contributed by atoms with Gasteiger partial charge in [-0.3, -0.25) is 19.2 Å². The Bertz CT molecular complexity index is 1390. The summed E-state index contributed by atoms with van der Waals surface area (Å²) in [6.45, 7) is 19.9. The number of anilines is 1. The highest BCUT2D eigenvalue weighted by atomic mass is 32.1. The summed E-state index contributed by atoms with van der Waals surface area (Å²) >= 11 is 1.50. The second-order valence-electron chi connectivity index (χ2n) is 15.0. The van der Waals surface area contributed by atoms with Gasteiger partial charge in [0.2, 0.25) is 5.91 Å². The number of rotatable bonds is 17. The number of hydrogen-bond acceptors (Lipinski definition) is 8. The molecule has 0 spiro atoms. The zero-order chi connectivity index (χ0) is 36.2. The molecule has 1 aromatic heterocycles. The Morgan fingerprint density at radius 1 is 0.854 bits per heavy atom. The van der Waals surface area contributed by atoms with Gasteiger partial charge in [0.15, 0.2) is 5.13 Å². The van der Waals surface area contributed by atoms with Gasteiger partial charge in [-0.1, -0.05) is 131 Å². The van der Waals surface area contributed by atoms with Crippen molar-refractivity contribution in [2.75, 3.05) is 18.0 Å². The molecular weight excluding hydrogens is 623 g/mol. The number of amides is 4. The van der Waals surface area contributed by atoms with Crippen LogP contribution in [-0.4, -0.2) is 51.7 Å². The molecule has 0 atom stereocenters. The third kappa shape index (κ3) is 10.8. The average molecular weight is 682 g/mol. The molecule has 1 aromatic rings. The van der Waals surface area contributed by atoms with Gasteiger partial charge >= 0.3 is 0 Å². The fourth-order valence-electron chi connectivity index (χ4n) is 5.63. The molecule has 0 aliphatic carbocycles. The zero-order valence-electron chi connectivity index (χ0n) is 31.3. The van der Waals surface area contributed by atoms with Crippen LogP contribution in [0.2, 0.25) is 0 Å². The highest BCUT2D eigenvalue weighted by Crippen LogP contribution is 2.38. The van der Waals surface area contributed by atoms with Gasteiger partial charge in [0, 0.05) is 36.4 Å². The predicted octanol–water partition coefficient (Wildman–Crippen LogP) is 8.90. The van der Waals surface area contributed by atoms with Crippen molar-refractivity contribution in [3.63, 3.8) is 0 Å². The van der Waals surface area contributed by atoms with Crippen LogP contribution in [0.5, 0.6) is 0 Å². The van der Waals surface area contributed by atoms with Crippen LogP contribution in [0.1, 0.15) is 157 Å². The van der Waals surface area contributed by atoms with Crippen molar-refractivity contribution in [2.24, 2.45) is 5.41 Å². The summed E-state index contributed by atoms with van der Waals surface area (Å²) < 4.78 is 0. The van der Waals surface area contributed by atoms with Crippen molar-refractivity contribution in [3.8, 4) is 6.07 Å². The molecule has 0 fully saturated rings. The van der Waals surface area contributed by atoms with E-state index in [1.807, 2.05) is 6.07 Å². The van der Waals surface area contributed by atoms with E-state index >= 15 is 0 Å². The summed E-state index contributed by atoms with van der Waals surface area (Å²) in [5, 5.41) is 12.0. The Hall–Kier alpha value is -3.32. The normalized spacial score (nSPS) is 14.9. The van der Waals surface area contributed by atoms with Gasteiger partial charge in [0.05, 0.1) is 10.6 Å². The Morgan fingerprint density at radius 3 is 1.79 bits per heavy atom. The highest BCUT2D eigenvalue weighted by molar-refractivity contribution is 7.16. The third-order valence-corrected chi connectivity index (χ3v) is 9.58. The van der Waals surface area contributed by atoms with Gasteiger partial charge in [0.1, 0.15) is 11.6 Å². The molecular formula is C38H59N5O4S. The molecule has 2 heterocycles. The predicted molar refractivity (Wildman–Crippen MR) is 195 cm³/mol. The molecule has 9 nitrogen and oxygen atoms in total. The van der Waals surface area contributed by atoms with Crippen LogP contribution in [-0.2, 0) is 24.6 Å². The van der Waals surface area contributed by atoms with Gasteiger partial charge in [-0.2, -0.15) is 15.3 Å². The molecule has 0 aromatic carbocycles. The highest BCUT2D eigenvalue weighted by Gasteiger charge is 2.45. The fraction of sp³-hybridized carbons (Fsp3) is 0.684. The van der Waals surface area contributed by atoms with Crippen molar-refractivity contribution in [1.82, 2.24) is 15.0 Å². The first kappa shape index (κ1) is 40.9. The van der Waals surface area contributed by atoms with Crippen LogP contribution in [0.15, 0.2) is 16.7 Å². The minimum atomic E-state index is -1.07. The Morgan fingerprint density at radius 2 is 1.35 bits per heavy atom. The van der Waals surface area contributed by atoms with Gasteiger partial charge in [0.25, 0.3) is 17.7 Å². The summed E-state index contributed by atoms with van der Waals surface area (Å²) in [7, 11) is 0. The SMILES string of the molecule is CCCCCCCCN(CCCCCCCC)c1nc(C(C)(C)C)c(/C=C2\C(=O)N(N(C(C)=O)C(=O)C(C)(C)C)C(=O)C(C#N)=C2C)s1. The number of thiazole rings is 1. The zero-order valence-corrected chi connectivity index (χ0v) is 32.1. The number of carbonyl (C=O) groups is 4. The maximum Gasteiger partial charge on any atom is 0.291 e. The number of aromatic nitrogens is 1. The molecule has 0 unspecified atom stereocenters. The number of carbonyl (C=O) groups excluding carboxylic acids is 4. The lowest BCUT2D eigenvalue weighted by molar-refractivity contribution is -0.180. The first-order valence-electron chi connectivity index (χ1n) is 17.8. The van der Waals surface area contributed by atoms with E-state index in [0.717, 1.165) is 48.6 Å². The minimum Gasteiger partial charge on any atom is -0.348 e. The first-order chi connectivity index (χ1) is 22.5. The molecule has 0 bridgehead atoms. The van der Waals surface area contributed by atoms with Crippen LogP contribution < -0.4 is 4.90 Å². The first-order valence-corrected chi connectivity index (χ1v) is 18.7. The molecule has 1 aliphatic rings. The maximum absolute atomic E-state index is 14.1. The maximum atomic E-state index is 14.1. The number of nitrogens with zero attached hydrogens (tertiary/aromatic N) is 5. The monoisotopic (exact) mass is 681 g/mol. The smallest absolute Gasteiger partial charge is 0.291 e. The number of imide groups is 2. The molecule has 0 saturated carbocycles. The van der Waals surface area contributed by atoms with Crippen molar-refractivity contribution < 1.29 is 19.2 Å². The lowest BCUT2D eigenvalue weighted by Crippen LogP contribution is -2.59. The largest absolute Gasteiger partial charge is 0.348 e. The molecule has 0 saturated heterocycles. The van der Waals surface area contributed by atoms with E-state index in [1.54, 1.807) is 33.8 Å². The standard InChI is InChI=1S/C38H59N5O4S/c1-11-13-15-17-19-21-23-41(24-22-20-18-16-14-12-2)36-40-32(37(5,6)7)31(48-36)25-29-27(3)30(26-39)34(46)43(33(29)45)42(28(4)44)35(47)38(8,9)10/h25H,11-24H2,1-10H3/b29-25-. The number of hydrazine groups is 1. The minimum absolute atomic E-state index is 0.0817. The van der Waals surface area contributed by atoms with Crippen LogP contribution in [0.4, 0.5) is 5.13 Å². The van der Waals surface area contributed by atoms with E-state index in [4.69, 9.17) is 4.98 Å². The van der Waals surface area contributed by atoms with Crippen molar-refractivity contribution in [2.45, 2.75) is 152 Å². The molecule has 1 aliphatic heterocycles. The number of nitriles is 1. The second kappa shape index (κ2) is 18.4. The van der Waals surface area contributed by atoms with E-state index in [1.165, 1.54) is 75.5 Å². The summed E-state index contributed by atoms with van der Waals surface area (Å²) in [4.78, 5) is 62.0. The summed E-state index contributed by atoms with van der Waals surface area (Å²) in [6, 6.07) is 1.92. The summed E-state index contributed by atoms with van der Waals surface area (Å²) in [5.41, 5.74) is -0.629. The lowest BCUT2D eigenvalue weighted by atomic mass is 9.89. The van der Waals surface area contributed by atoms with Crippen LogP contribution in [0.25, 0.3) is 6.08 Å². The number of hydrogen-bond donors (Lipinski definition) is 0. The average Bonchev–Trinajstić information content (AvgIpc) is 3.43. The van der Waals surface area contributed by atoms with Gasteiger partial charge < -0.3 is 4.90 Å².